The number of carbonyl (C=O) groups excluding carboxylic acids is 2. The van der Waals surface area contributed by atoms with Gasteiger partial charge in [0.1, 0.15) is 0 Å². The smallest absolute Gasteiger partial charge is 0.291 e. The van der Waals surface area contributed by atoms with Crippen molar-refractivity contribution in [3.8, 4) is 0 Å². The number of carbonyl (C=O) groups is 2. The molecule has 0 unspecified atom stereocenters. The van der Waals surface area contributed by atoms with Crippen molar-refractivity contribution >= 4 is 43.7 Å². The number of hydrogen-bond donors (Lipinski definition) is 2. The molecule has 3 aromatic rings. The fourth-order valence-corrected chi connectivity index (χ4v) is 3.51. The number of rotatable bonds is 5. The van der Waals surface area contributed by atoms with Crippen LogP contribution in [0.4, 0.5) is 10.7 Å². The maximum atomic E-state index is 12.3. The molecule has 2 N–H and O–H groups in total. The van der Waals surface area contributed by atoms with E-state index in [1.807, 2.05) is 0 Å². The zero-order valence-corrected chi connectivity index (χ0v) is 15.2. The summed E-state index contributed by atoms with van der Waals surface area (Å²) >= 11 is 1.11. The van der Waals surface area contributed by atoms with E-state index >= 15 is 0 Å². The van der Waals surface area contributed by atoms with Crippen LogP contribution in [0.1, 0.15) is 20.2 Å². The predicted molar refractivity (Wildman–Crippen MR) is 98.5 cm³/mol. The van der Waals surface area contributed by atoms with Crippen LogP contribution in [0, 0.1) is 0 Å². The molecule has 134 valence electrons. The maximum Gasteiger partial charge on any atom is 0.291 e. The van der Waals surface area contributed by atoms with Gasteiger partial charge in [-0.2, -0.15) is 0 Å². The van der Waals surface area contributed by atoms with Crippen LogP contribution in [0.5, 0.6) is 0 Å². The average Bonchev–Trinajstić information content (AvgIpc) is 3.26. The molecule has 0 fully saturated rings. The highest BCUT2D eigenvalue weighted by atomic mass is 32.2. The lowest BCUT2D eigenvalue weighted by Crippen LogP contribution is -2.10. The summed E-state index contributed by atoms with van der Waals surface area (Å²) in [5.74, 6) is -0.587. The number of furan rings is 1. The number of sulfone groups is 1. The molecule has 0 aliphatic carbocycles. The Bertz CT molecular complexity index is 1040. The minimum absolute atomic E-state index is 0.176. The normalized spacial score (nSPS) is 11.1. The Morgan fingerprint density at radius 2 is 1.69 bits per heavy atom. The first-order valence-electron chi connectivity index (χ1n) is 7.39. The highest BCUT2D eigenvalue weighted by Gasteiger charge is 2.14. The SMILES string of the molecule is CS(=O)(=O)c1ccc(NC(=O)c2ccc(NC(=O)c3ccco3)s2)cc1. The molecule has 9 heteroatoms. The van der Waals surface area contributed by atoms with Gasteiger partial charge in [-0.25, -0.2) is 8.42 Å². The molecule has 2 amide bonds. The van der Waals surface area contributed by atoms with E-state index in [1.165, 1.54) is 36.6 Å². The van der Waals surface area contributed by atoms with Gasteiger partial charge in [0.15, 0.2) is 15.6 Å². The summed E-state index contributed by atoms with van der Waals surface area (Å²) in [6, 6.07) is 12.2. The van der Waals surface area contributed by atoms with Gasteiger partial charge >= 0.3 is 0 Å². The Morgan fingerprint density at radius 1 is 0.962 bits per heavy atom. The number of benzene rings is 1. The van der Waals surface area contributed by atoms with Gasteiger partial charge < -0.3 is 15.1 Å². The van der Waals surface area contributed by atoms with E-state index < -0.39 is 15.7 Å². The molecule has 0 saturated carbocycles. The average molecular weight is 390 g/mol. The van der Waals surface area contributed by atoms with Crippen molar-refractivity contribution in [1.82, 2.24) is 0 Å². The second-order valence-electron chi connectivity index (χ2n) is 5.35. The van der Waals surface area contributed by atoms with Crippen LogP contribution in [-0.2, 0) is 9.84 Å². The molecule has 7 nitrogen and oxygen atoms in total. The molecule has 0 spiro atoms. The Hall–Kier alpha value is -2.91. The monoisotopic (exact) mass is 390 g/mol. The van der Waals surface area contributed by atoms with Crippen molar-refractivity contribution < 1.29 is 22.4 Å². The van der Waals surface area contributed by atoms with Crippen LogP contribution >= 0.6 is 11.3 Å². The van der Waals surface area contributed by atoms with E-state index in [2.05, 4.69) is 10.6 Å². The molecular weight excluding hydrogens is 376 g/mol. The third kappa shape index (κ3) is 4.19. The van der Waals surface area contributed by atoms with E-state index in [1.54, 1.807) is 18.2 Å². The lowest BCUT2D eigenvalue weighted by atomic mass is 10.3. The first-order chi connectivity index (χ1) is 12.3. The topological polar surface area (TPSA) is 105 Å². The fourth-order valence-electron chi connectivity index (χ4n) is 2.09. The zero-order chi connectivity index (χ0) is 18.7. The summed E-state index contributed by atoms with van der Waals surface area (Å²) in [5, 5.41) is 5.83. The van der Waals surface area contributed by atoms with Crippen molar-refractivity contribution in [1.29, 1.82) is 0 Å². The van der Waals surface area contributed by atoms with Gasteiger partial charge in [0.2, 0.25) is 0 Å². The minimum Gasteiger partial charge on any atom is -0.459 e. The summed E-state index contributed by atoms with van der Waals surface area (Å²) in [5.41, 5.74) is 0.469. The van der Waals surface area contributed by atoms with Crippen LogP contribution in [0.2, 0.25) is 0 Å². The molecule has 3 rings (SSSR count). The molecule has 0 atom stereocenters. The van der Waals surface area contributed by atoms with Crippen molar-refractivity contribution in [2.24, 2.45) is 0 Å². The van der Waals surface area contributed by atoms with E-state index in [-0.39, 0.29) is 16.6 Å². The molecule has 0 saturated heterocycles. The summed E-state index contributed by atoms with van der Waals surface area (Å²) in [6.07, 6.45) is 2.52. The highest BCUT2D eigenvalue weighted by Crippen LogP contribution is 2.24. The molecular formula is C17H14N2O5S2. The zero-order valence-electron chi connectivity index (χ0n) is 13.6. The van der Waals surface area contributed by atoms with Gasteiger partial charge in [-0.3, -0.25) is 9.59 Å². The molecule has 0 aliphatic rings. The van der Waals surface area contributed by atoms with E-state index in [0.717, 1.165) is 17.6 Å². The summed E-state index contributed by atoms with van der Waals surface area (Å²) in [6.45, 7) is 0. The van der Waals surface area contributed by atoms with Crippen LogP contribution in [0.3, 0.4) is 0 Å². The number of nitrogens with one attached hydrogen (secondary N) is 2. The third-order valence-electron chi connectivity index (χ3n) is 3.35. The number of amides is 2. The minimum atomic E-state index is -3.29. The number of thiophene rings is 1. The van der Waals surface area contributed by atoms with Crippen LogP contribution in [0.15, 0.2) is 64.1 Å². The quantitative estimate of drug-likeness (QED) is 0.696. The lowest BCUT2D eigenvalue weighted by Gasteiger charge is -2.04. The number of anilines is 2. The van der Waals surface area contributed by atoms with E-state index in [4.69, 9.17) is 4.42 Å². The Balaban J connectivity index is 1.65. The molecule has 1 aromatic carbocycles. The van der Waals surface area contributed by atoms with E-state index in [9.17, 15) is 18.0 Å². The first kappa shape index (κ1) is 17.9. The first-order valence-corrected chi connectivity index (χ1v) is 10.1. The maximum absolute atomic E-state index is 12.3. The highest BCUT2D eigenvalue weighted by molar-refractivity contribution is 7.90. The van der Waals surface area contributed by atoms with Gasteiger partial charge in [-0.15, -0.1) is 11.3 Å². The van der Waals surface area contributed by atoms with Gasteiger partial charge in [-0.05, 0) is 48.5 Å². The molecule has 0 aliphatic heterocycles. The Morgan fingerprint density at radius 3 is 2.31 bits per heavy atom. The predicted octanol–water partition coefficient (Wildman–Crippen LogP) is 3.25. The van der Waals surface area contributed by atoms with Crippen molar-refractivity contribution in [2.45, 2.75) is 4.90 Å². The summed E-state index contributed by atoms with van der Waals surface area (Å²) < 4.78 is 27.9. The van der Waals surface area contributed by atoms with Gasteiger partial charge in [-0.1, -0.05) is 0 Å². The molecule has 0 radical (unpaired) electrons. The second-order valence-corrected chi connectivity index (χ2v) is 8.45. The van der Waals surface area contributed by atoms with Crippen molar-refractivity contribution in [2.75, 3.05) is 16.9 Å². The summed E-state index contributed by atoms with van der Waals surface area (Å²) in [7, 11) is -3.29. The molecule has 26 heavy (non-hydrogen) atoms. The van der Waals surface area contributed by atoms with Crippen molar-refractivity contribution in [3.05, 3.63) is 65.4 Å². The standard InChI is InChI=1S/C17H14N2O5S2/c1-26(22,23)12-6-4-11(5-7-12)18-17(21)14-8-9-15(25-14)19-16(20)13-3-2-10-24-13/h2-10H,1H3,(H,18,21)(H,19,20). The summed E-state index contributed by atoms with van der Waals surface area (Å²) in [4.78, 5) is 24.8. The Kier molecular flexibility index (Phi) is 4.92. The fraction of sp³-hybridized carbons (Fsp3) is 0.0588. The van der Waals surface area contributed by atoms with Gasteiger partial charge in [0, 0.05) is 11.9 Å². The van der Waals surface area contributed by atoms with Crippen LogP contribution in [0.25, 0.3) is 0 Å². The van der Waals surface area contributed by atoms with Crippen molar-refractivity contribution in [3.63, 3.8) is 0 Å². The van der Waals surface area contributed by atoms with Crippen LogP contribution < -0.4 is 10.6 Å². The van der Waals surface area contributed by atoms with Crippen LogP contribution in [-0.4, -0.2) is 26.5 Å². The van der Waals surface area contributed by atoms with E-state index in [0.29, 0.717) is 15.6 Å². The molecule has 2 aromatic heterocycles. The Labute approximate surface area is 153 Å². The number of hydrogen-bond acceptors (Lipinski definition) is 6. The van der Waals surface area contributed by atoms with Gasteiger partial charge in [0.05, 0.1) is 21.0 Å². The molecule has 2 heterocycles. The third-order valence-corrected chi connectivity index (χ3v) is 5.48. The molecule has 0 bridgehead atoms. The second kappa shape index (κ2) is 7.14. The lowest BCUT2D eigenvalue weighted by molar-refractivity contribution is 0.0995. The largest absolute Gasteiger partial charge is 0.459 e. The van der Waals surface area contributed by atoms with Gasteiger partial charge in [0.25, 0.3) is 11.8 Å².